The number of aliphatic imine (C=N–C) groups is 1. The van der Waals surface area contributed by atoms with E-state index < -0.39 is 0 Å². The highest BCUT2D eigenvalue weighted by molar-refractivity contribution is 5.80. The van der Waals surface area contributed by atoms with E-state index in [-0.39, 0.29) is 5.91 Å². The fraction of sp³-hybridized carbons (Fsp3) is 0.652. The van der Waals surface area contributed by atoms with E-state index in [0.717, 1.165) is 88.5 Å². The molecular formula is C23H38N6O3. The van der Waals surface area contributed by atoms with E-state index in [2.05, 4.69) is 39.5 Å². The van der Waals surface area contributed by atoms with Gasteiger partial charge in [-0.1, -0.05) is 0 Å². The van der Waals surface area contributed by atoms with Crippen LogP contribution in [0.5, 0.6) is 11.5 Å². The summed E-state index contributed by atoms with van der Waals surface area (Å²) in [6.45, 7) is 11.5. The molecule has 178 valence electrons. The van der Waals surface area contributed by atoms with E-state index in [4.69, 9.17) is 14.5 Å². The van der Waals surface area contributed by atoms with Gasteiger partial charge in [-0.3, -0.25) is 14.7 Å². The van der Waals surface area contributed by atoms with Gasteiger partial charge in [0.05, 0.1) is 20.8 Å². The van der Waals surface area contributed by atoms with Crippen LogP contribution in [0.25, 0.3) is 0 Å². The number of hydrogen-bond donors (Lipinski definition) is 2. The number of guanidine groups is 1. The maximum absolute atomic E-state index is 11.5. The zero-order valence-corrected chi connectivity index (χ0v) is 19.9. The van der Waals surface area contributed by atoms with Crippen molar-refractivity contribution < 1.29 is 14.3 Å². The molecule has 2 N–H and O–H groups in total. The molecule has 2 fully saturated rings. The molecule has 3 rings (SSSR count). The highest BCUT2D eigenvalue weighted by atomic mass is 16.5. The smallest absolute Gasteiger partial charge is 0.219 e. The number of piperazine rings is 1. The third kappa shape index (κ3) is 6.66. The molecule has 1 aromatic rings. The fourth-order valence-electron chi connectivity index (χ4n) is 4.19. The highest BCUT2D eigenvalue weighted by Crippen LogP contribution is 2.30. The largest absolute Gasteiger partial charge is 0.497 e. The van der Waals surface area contributed by atoms with Crippen LogP contribution in [0, 0.1) is 0 Å². The first-order valence-corrected chi connectivity index (χ1v) is 11.5. The third-order valence-electron chi connectivity index (χ3n) is 6.08. The Bertz CT molecular complexity index is 757. The Labute approximate surface area is 191 Å². The number of anilines is 1. The minimum absolute atomic E-state index is 0.166. The monoisotopic (exact) mass is 446 g/mol. The number of rotatable bonds is 8. The van der Waals surface area contributed by atoms with Crippen LogP contribution in [0.1, 0.15) is 20.3 Å². The molecule has 0 bridgehead atoms. The summed E-state index contributed by atoms with van der Waals surface area (Å²) in [6.07, 6.45) is 1.04. The molecule has 2 heterocycles. The number of nitrogens with zero attached hydrogens (tertiary/aromatic N) is 4. The van der Waals surface area contributed by atoms with Crippen molar-refractivity contribution in [1.82, 2.24) is 20.4 Å². The van der Waals surface area contributed by atoms with Gasteiger partial charge in [0.15, 0.2) is 5.96 Å². The highest BCUT2D eigenvalue weighted by Gasteiger charge is 2.24. The van der Waals surface area contributed by atoms with Crippen LogP contribution < -0.4 is 25.0 Å². The summed E-state index contributed by atoms with van der Waals surface area (Å²) < 4.78 is 10.8. The van der Waals surface area contributed by atoms with Gasteiger partial charge in [-0.05, 0) is 13.3 Å². The molecule has 2 aliphatic rings. The Hall–Kier alpha value is -2.68. The van der Waals surface area contributed by atoms with E-state index in [1.165, 1.54) is 0 Å². The van der Waals surface area contributed by atoms with Crippen molar-refractivity contribution in [3.05, 3.63) is 18.2 Å². The lowest BCUT2D eigenvalue weighted by molar-refractivity contribution is -0.130. The molecule has 0 aromatic heterocycles. The van der Waals surface area contributed by atoms with E-state index in [0.29, 0.717) is 6.04 Å². The van der Waals surface area contributed by atoms with Crippen LogP contribution in [0.3, 0.4) is 0 Å². The molecule has 0 aliphatic carbocycles. The van der Waals surface area contributed by atoms with Crippen LogP contribution in [-0.4, -0.2) is 101 Å². The average Bonchev–Trinajstić information content (AvgIpc) is 3.27. The van der Waals surface area contributed by atoms with Gasteiger partial charge in [-0.15, -0.1) is 0 Å². The molecule has 32 heavy (non-hydrogen) atoms. The topological polar surface area (TPSA) is 81.7 Å². The van der Waals surface area contributed by atoms with Gasteiger partial charge in [-0.2, -0.15) is 0 Å². The molecule has 1 atom stereocenters. The van der Waals surface area contributed by atoms with E-state index >= 15 is 0 Å². The number of amides is 1. The number of ether oxygens (including phenoxy) is 2. The van der Waals surface area contributed by atoms with Crippen LogP contribution in [0.15, 0.2) is 23.2 Å². The van der Waals surface area contributed by atoms with Crippen molar-refractivity contribution in [3.8, 4) is 11.5 Å². The minimum atomic E-state index is 0.166. The standard InChI is InChI=1S/C23H38N6O3/c1-5-24-23(25-7-9-27-10-12-28(13-11-27)18(2)30)26-19-6-8-29(17-19)20-14-21(31-3)16-22(15-20)32-4/h14-16,19H,5-13,17H2,1-4H3,(H2,24,25,26). The van der Waals surface area contributed by atoms with Crippen LogP contribution in [0.4, 0.5) is 5.69 Å². The number of nitrogens with one attached hydrogen (secondary N) is 2. The predicted octanol–water partition coefficient (Wildman–Crippen LogP) is 1.00. The van der Waals surface area contributed by atoms with Gasteiger partial charge in [0, 0.05) is 89.2 Å². The second-order valence-corrected chi connectivity index (χ2v) is 8.26. The molecule has 0 radical (unpaired) electrons. The Morgan fingerprint density at radius 3 is 2.38 bits per heavy atom. The fourth-order valence-corrected chi connectivity index (χ4v) is 4.19. The lowest BCUT2D eigenvalue weighted by atomic mass is 10.2. The Morgan fingerprint density at radius 1 is 1.09 bits per heavy atom. The first kappa shape index (κ1) is 24.0. The molecule has 2 aliphatic heterocycles. The molecule has 2 saturated heterocycles. The number of benzene rings is 1. The molecule has 1 amide bonds. The lowest BCUT2D eigenvalue weighted by Gasteiger charge is -2.33. The maximum atomic E-state index is 11.5. The number of carbonyl (C=O) groups excluding carboxylic acids is 1. The summed E-state index contributed by atoms with van der Waals surface area (Å²) in [6, 6.07) is 6.32. The Kier molecular flexibility index (Phi) is 8.84. The third-order valence-corrected chi connectivity index (χ3v) is 6.08. The second-order valence-electron chi connectivity index (χ2n) is 8.26. The van der Waals surface area contributed by atoms with Crippen molar-refractivity contribution in [1.29, 1.82) is 0 Å². The van der Waals surface area contributed by atoms with Crippen molar-refractivity contribution in [3.63, 3.8) is 0 Å². The quantitative estimate of drug-likeness (QED) is 0.455. The zero-order valence-electron chi connectivity index (χ0n) is 19.9. The van der Waals surface area contributed by atoms with E-state index in [1.807, 2.05) is 11.0 Å². The van der Waals surface area contributed by atoms with Gasteiger partial charge >= 0.3 is 0 Å². The van der Waals surface area contributed by atoms with Crippen molar-refractivity contribution in [2.75, 3.05) is 78.0 Å². The van der Waals surface area contributed by atoms with Crippen LogP contribution in [-0.2, 0) is 4.79 Å². The predicted molar refractivity (Wildman–Crippen MR) is 128 cm³/mol. The van der Waals surface area contributed by atoms with Crippen molar-refractivity contribution in [2.24, 2.45) is 4.99 Å². The number of hydrogen-bond acceptors (Lipinski definition) is 6. The number of methoxy groups -OCH3 is 2. The van der Waals surface area contributed by atoms with E-state index in [9.17, 15) is 4.79 Å². The van der Waals surface area contributed by atoms with E-state index in [1.54, 1.807) is 21.1 Å². The molecule has 9 heteroatoms. The first-order chi connectivity index (χ1) is 15.5. The van der Waals surface area contributed by atoms with Crippen LogP contribution >= 0.6 is 0 Å². The molecular weight excluding hydrogens is 408 g/mol. The van der Waals surface area contributed by atoms with Gasteiger partial charge < -0.3 is 29.9 Å². The van der Waals surface area contributed by atoms with Crippen molar-refractivity contribution in [2.45, 2.75) is 26.3 Å². The zero-order chi connectivity index (χ0) is 22.9. The van der Waals surface area contributed by atoms with Gasteiger partial charge in [0.1, 0.15) is 11.5 Å². The molecule has 0 saturated carbocycles. The molecule has 1 aromatic carbocycles. The maximum Gasteiger partial charge on any atom is 0.219 e. The summed E-state index contributed by atoms with van der Waals surface area (Å²) in [5, 5.41) is 6.97. The molecule has 0 spiro atoms. The lowest BCUT2D eigenvalue weighted by Crippen LogP contribution is -2.49. The van der Waals surface area contributed by atoms with Crippen molar-refractivity contribution >= 4 is 17.6 Å². The normalized spacial score (nSPS) is 19.8. The van der Waals surface area contributed by atoms with Crippen LogP contribution in [0.2, 0.25) is 0 Å². The second kappa shape index (κ2) is 11.8. The van der Waals surface area contributed by atoms with Gasteiger partial charge in [0.2, 0.25) is 5.91 Å². The average molecular weight is 447 g/mol. The van der Waals surface area contributed by atoms with Gasteiger partial charge in [0.25, 0.3) is 0 Å². The Balaban J connectivity index is 1.50. The summed E-state index contributed by atoms with van der Waals surface area (Å²) in [7, 11) is 3.35. The summed E-state index contributed by atoms with van der Waals surface area (Å²) in [5.41, 5.74) is 1.11. The first-order valence-electron chi connectivity index (χ1n) is 11.5. The summed E-state index contributed by atoms with van der Waals surface area (Å²) in [5.74, 6) is 2.63. The minimum Gasteiger partial charge on any atom is -0.497 e. The van der Waals surface area contributed by atoms with Gasteiger partial charge in [-0.25, -0.2) is 0 Å². The number of carbonyl (C=O) groups is 1. The summed E-state index contributed by atoms with van der Waals surface area (Å²) in [4.78, 5) is 22.9. The Morgan fingerprint density at radius 2 is 1.78 bits per heavy atom. The SMILES string of the molecule is CCNC(=NCCN1CCN(C(C)=O)CC1)NC1CCN(c2cc(OC)cc(OC)c2)C1. The summed E-state index contributed by atoms with van der Waals surface area (Å²) >= 11 is 0. The molecule has 9 nitrogen and oxygen atoms in total. The molecule has 1 unspecified atom stereocenters.